The molecule has 1 amide bonds. The van der Waals surface area contributed by atoms with Crippen molar-refractivity contribution in [1.29, 1.82) is 0 Å². The molecule has 5 aromatic heterocycles. The molecule has 0 bridgehead atoms. The highest BCUT2D eigenvalue weighted by Crippen LogP contribution is 2.40. The first kappa shape index (κ1) is 19.7. The van der Waals surface area contributed by atoms with Gasteiger partial charge in [-0.25, -0.2) is 14.6 Å². The van der Waals surface area contributed by atoms with Crippen LogP contribution >= 0.6 is 11.6 Å². The minimum Gasteiger partial charge on any atom is -0.342 e. The average molecular weight is 473 g/mol. The van der Waals surface area contributed by atoms with E-state index in [-0.39, 0.29) is 17.6 Å². The van der Waals surface area contributed by atoms with E-state index in [1.807, 2.05) is 22.9 Å². The predicted molar refractivity (Wildman–Crippen MR) is 125 cm³/mol. The van der Waals surface area contributed by atoms with Gasteiger partial charge < -0.3 is 14.1 Å². The third-order valence-corrected chi connectivity index (χ3v) is 7.12. The second-order valence-electron chi connectivity index (χ2n) is 9.13. The number of nitrogens with one attached hydrogen (secondary N) is 1. The van der Waals surface area contributed by atoms with Crippen molar-refractivity contribution < 1.29 is 4.79 Å². The van der Waals surface area contributed by atoms with Crippen LogP contribution in [0, 0.1) is 0 Å². The Morgan fingerprint density at radius 1 is 1.12 bits per heavy atom. The van der Waals surface area contributed by atoms with Crippen molar-refractivity contribution in [3.63, 3.8) is 0 Å². The summed E-state index contributed by atoms with van der Waals surface area (Å²) in [7, 11) is 0. The Bertz CT molecular complexity index is 1580. The van der Waals surface area contributed by atoms with Crippen LogP contribution in [0.15, 0.2) is 49.3 Å². The molecule has 170 valence electrons. The molecule has 0 spiro atoms. The number of aromatic nitrogens is 7. The zero-order valence-corrected chi connectivity index (χ0v) is 19.0. The lowest BCUT2D eigenvalue weighted by molar-refractivity contribution is 0.0928. The molecule has 5 aromatic rings. The maximum atomic E-state index is 12.9. The van der Waals surface area contributed by atoms with Gasteiger partial charge in [0.2, 0.25) is 0 Å². The lowest BCUT2D eigenvalue weighted by atomic mass is 9.94. The number of carbonyl (C=O) groups excluding carboxylic acids is 1. The lowest BCUT2D eigenvalue weighted by Gasteiger charge is -2.23. The first-order valence-electron chi connectivity index (χ1n) is 11.4. The van der Waals surface area contributed by atoms with Gasteiger partial charge in [0, 0.05) is 23.6 Å². The number of nitrogens with zero attached hydrogens (tertiary/aromatic N) is 7. The van der Waals surface area contributed by atoms with Crippen molar-refractivity contribution in [2.75, 3.05) is 0 Å². The van der Waals surface area contributed by atoms with Gasteiger partial charge in [0.05, 0.1) is 42.0 Å². The van der Waals surface area contributed by atoms with Gasteiger partial charge in [-0.2, -0.15) is 0 Å². The predicted octanol–water partition coefficient (Wildman–Crippen LogP) is 3.57. The molecule has 1 fully saturated rings. The summed E-state index contributed by atoms with van der Waals surface area (Å²) in [5.74, 6) is 0.423. The van der Waals surface area contributed by atoms with Crippen LogP contribution in [0.1, 0.15) is 64.2 Å². The summed E-state index contributed by atoms with van der Waals surface area (Å²) in [5.41, 5.74) is 6.28. The third kappa shape index (κ3) is 3.27. The number of pyridine rings is 2. The quantitative estimate of drug-likeness (QED) is 0.422. The molecule has 1 N–H and O–H groups in total. The van der Waals surface area contributed by atoms with E-state index < -0.39 is 0 Å². The Balaban J connectivity index is 1.08. The van der Waals surface area contributed by atoms with Gasteiger partial charge in [-0.1, -0.05) is 22.9 Å². The number of fused-ring (bicyclic) bond motifs is 1. The maximum absolute atomic E-state index is 12.9. The fraction of sp³-hybridized carbons (Fsp3) is 0.292. The zero-order valence-electron chi connectivity index (χ0n) is 18.2. The summed E-state index contributed by atoms with van der Waals surface area (Å²) < 4.78 is 5.66. The molecular weight excluding hydrogens is 452 g/mol. The first-order chi connectivity index (χ1) is 16.6. The van der Waals surface area contributed by atoms with E-state index in [1.165, 1.54) is 18.4 Å². The van der Waals surface area contributed by atoms with Crippen molar-refractivity contribution in [3.8, 4) is 0 Å². The highest BCUT2D eigenvalue weighted by molar-refractivity contribution is 6.31. The van der Waals surface area contributed by atoms with E-state index >= 15 is 0 Å². The van der Waals surface area contributed by atoms with E-state index in [4.69, 9.17) is 11.6 Å². The molecule has 34 heavy (non-hydrogen) atoms. The Labute approximate surface area is 199 Å². The van der Waals surface area contributed by atoms with Crippen molar-refractivity contribution in [2.45, 2.75) is 44.2 Å². The van der Waals surface area contributed by atoms with Crippen LogP contribution in [0.2, 0.25) is 5.02 Å². The smallest absolute Gasteiger partial charge is 0.274 e. The highest BCUT2D eigenvalue weighted by Gasteiger charge is 2.28. The van der Waals surface area contributed by atoms with Gasteiger partial charge in [0.25, 0.3) is 5.91 Å². The molecule has 2 aliphatic carbocycles. The minimum absolute atomic E-state index is 0.201. The summed E-state index contributed by atoms with van der Waals surface area (Å²) in [6.07, 6.45) is 13.5. The molecule has 9 nitrogen and oxygen atoms in total. The van der Waals surface area contributed by atoms with E-state index in [9.17, 15) is 4.79 Å². The Hall–Kier alpha value is -3.72. The molecule has 0 saturated heterocycles. The number of imidazole rings is 2. The molecule has 1 atom stereocenters. The molecular formula is C24H21ClN8O. The fourth-order valence-electron chi connectivity index (χ4n) is 4.89. The third-order valence-electron chi connectivity index (χ3n) is 6.76. The standard InChI is InChI=1S/C24H21ClN8O/c25-18-7-8-31-13-26-22-19(5-4-17(18)23(22)31)28-24(34)20-12-33(30-29-20)11-16-10-32-9-15(14-1-2-14)3-6-21(32)27-16/h3,6-10,12-14,19H,1-2,4-5,11H2,(H,28,34). The van der Waals surface area contributed by atoms with E-state index in [0.717, 1.165) is 46.0 Å². The largest absolute Gasteiger partial charge is 0.342 e. The van der Waals surface area contributed by atoms with Crippen molar-refractivity contribution in [1.82, 2.24) is 39.1 Å². The van der Waals surface area contributed by atoms with Crippen LogP contribution < -0.4 is 5.32 Å². The van der Waals surface area contributed by atoms with Gasteiger partial charge in [-0.3, -0.25) is 4.79 Å². The average Bonchev–Trinajstić information content (AvgIpc) is 3.24. The number of amides is 1. The van der Waals surface area contributed by atoms with Crippen LogP contribution in [-0.4, -0.2) is 39.7 Å². The van der Waals surface area contributed by atoms with Gasteiger partial charge in [-0.05, 0) is 54.9 Å². The van der Waals surface area contributed by atoms with Crippen molar-refractivity contribution in [2.24, 2.45) is 0 Å². The molecule has 0 radical (unpaired) electrons. The molecule has 2 aliphatic rings. The maximum Gasteiger partial charge on any atom is 0.274 e. The molecule has 5 heterocycles. The van der Waals surface area contributed by atoms with Gasteiger partial charge in [0.15, 0.2) is 5.69 Å². The second kappa shape index (κ2) is 7.39. The number of carbonyl (C=O) groups is 1. The van der Waals surface area contributed by atoms with Crippen LogP contribution in [0.25, 0.3) is 11.2 Å². The normalized spacial score (nSPS) is 17.5. The second-order valence-corrected chi connectivity index (χ2v) is 9.54. The lowest BCUT2D eigenvalue weighted by Crippen LogP contribution is -2.31. The number of hydrogen-bond acceptors (Lipinski definition) is 5. The Morgan fingerprint density at radius 2 is 2.03 bits per heavy atom. The molecule has 7 rings (SSSR count). The Kier molecular flexibility index (Phi) is 4.29. The van der Waals surface area contributed by atoms with Crippen molar-refractivity contribution >= 4 is 28.7 Å². The van der Waals surface area contributed by atoms with Crippen LogP contribution in [-0.2, 0) is 13.0 Å². The zero-order chi connectivity index (χ0) is 22.8. The number of aryl methyl sites for hydroxylation is 1. The number of rotatable bonds is 5. The summed E-state index contributed by atoms with van der Waals surface area (Å²) in [5, 5.41) is 12.0. The van der Waals surface area contributed by atoms with E-state index in [0.29, 0.717) is 12.5 Å². The van der Waals surface area contributed by atoms with Gasteiger partial charge in [0.1, 0.15) is 5.65 Å². The molecule has 10 heteroatoms. The topological polar surface area (TPSA) is 94.4 Å². The summed E-state index contributed by atoms with van der Waals surface area (Å²) in [6.45, 7) is 0.442. The van der Waals surface area contributed by atoms with Crippen LogP contribution in [0.4, 0.5) is 0 Å². The van der Waals surface area contributed by atoms with Crippen LogP contribution in [0.5, 0.6) is 0 Å². The highest BCUT2D eigenvalue weighted by atomic mass is 35.5. The van der Waals surface area contributed by atoms with Crippen molar-refractivity contribution in [3.05, 3.63) is 82.5 Å². The fourth-order valence-corrected chi connectivity index (χ4v) is 5.13. The summed E-state index contributed by atoms with van der Waals surface area (Å²) >= 11 is 6.38. The summed E-state index contributed by atoms with van der Waals surface area (Å²) in [4.78, 5) is 22.1. The number of hydrogen-bond donors (Lipinski definition) is 1. The van der Waals surface area contributed by atoms with Gasteiger partial charge in [-0.15, -0.1) is 5.10 Å². The molecule has 1 saturated carbocycles. The molecule has 1 unspecified atom stereocenters. The first-order valence-corrected chi connectivity index (χ1v) is 11.8. The summed E-state index contributed by atoms with van der Waals surface area (Å²) in [6, 6.07) is 5.89. The Morgan fingerprint density at radius 3 is 2.91 bits per heavy atom. The van der Waals surface area contributed by atoms with Crippen LogP contribution in [0.3, 0.4) is 0 Å². The molecule has 0 aliphatic heterocycles. The van der Waals surface area contributed by atoms with Gasteiger partial charge >= 0.3 is 0 Å². The van der Waals surface area contributed by atoms with E-state index in [2.05, 4.69) is 48.3 Å². The number of halogens is 1. The SMILES string of the molecule is O=C(NC1CCc2c(Cl)ccn3cnc1c23)c1cn(Cc2cn3cc(C4CC4)ccc3n2)nn1. The van der Waals surface area contributed by atoms with E-state index in [1.54, 1.807) is 17.2 Å². The monoisotopic (exact) mass is 472 g/mol. The minimum atomic E-state index is -0.271. The molecule has 0 aromatic carbocycles.